The second-order valence-corrected chi connectivity index (χ2v) is 5.57. The molecule has 0 aliphatic heterocycles. The van der Waals surface area contributed by atoms with Crippen LogP contribution in [0.1, 0.15) is 22.5 Å². The van der Waals surface area contributed by atoms with E-state index in [2.05, 4.69) is 10.3 Å². The Kier molecular flexibility index (Phi) is 5.48. The molecule has 0 spiro atoms. The largest absolute Gasteiger partial charge is 0.496 e. The normalized spacial score (nSPS) is 10.5. The minimum absolute atomic E-state index is 0.0776. The number of aromatic nitrogens is 2. The van der Waals surface area contributed by atoms with Crippen LogP contribution in [0.15, 0.2) is 54.9 Å². The van der Waals surface area contributed by atoms with Crippen LogP contribution in [-0.4, -0.2) is 34.9 Å². The van der Waals surface area contributed by atoms with Crippen LogP contribution in [0, 0.1) is 0 Å². The number of benzene rings is 1. The Bertz CT molecular complexity index is 887. The van der Waals surface area contributed by atoms with Crippen LogP contribution >= 0.6 is 0 Å². The summed E-state index contributed by atoms with van der Waals surface area (Å²) >= 11 is 0. The molecular formula is C19H19N3O4. The first-order chi connectivity index (χ1) is 12.7. The number of amides is 1. The number of para-hydroxylation sites is 1. The molecule has 2 aromatic heterocycles. The summed E-state index contributed by atoms with van der Waals surface area (Å²) < 4.78 is 12.2. The van der Waals surface area contributed by atoms with E-state index in [1.165, 1.54) is 7.11 Å². The number of imidazole rings is 1. The molecule has 1 N–H and O–H groups in total. The molecule has 0 atom stereocenters. The van der Waals surface area contributed by atoms with Gasteiger partial charge in [0.25, 0.3) is 5.91 Å². The number of fused-ring (bicyclic) bond motifs is 1. The van der Waals surface area contributed by atoms with Gasteiger partial charge in [0.2, 0.25) is 0 Å². The van der Waals surface area contributed by atoms with Gasteiger partial charge in [-0.1, -0.05) is 18.2 Å². The fourth-order valence-electron chi connectivity index (χ4n) is 2.49. The van der Waals surface area contributed by atoms with Crippen molar-refractivity contribution < 1.29 is 19.1 Å². The molecule has 0 aliphatic carbocycles. The van der Waals surface area contributed by atoms with Crippen molar-refractivity contribution in [2.75, 3.05) is 13.7 Å². The molecule has 0 saturated carbocycles. The number of hydrogen-bond donors (Lipinski definition) is 1. The monoisotopic (exact) mass is 353 g/mol. The predicted molar refractivity (Wildman–Crippen MR) is 94.9 cm³/mol. The average Bonchev–Trinajstić information content (AvgIpc) is 3.09. The number of ether oxygens (including phenoxy) is 2. The van der Waals surface area contributed by atoms with Crippen molar-refractivity contribution in [1.29, 1.82) is 0 Å². The summed E-state index contributed by atoms with van der Waals surface area (Å²) in [5, 5.41) is 2.68. The van der Waals surface area contributed by atoms with E-state index in [9.17, 15) is 9.59 Å². The fraction of sp³-hybridized carbons (Fsp3) is 0.211. The summed E-state index contributed by atoms with van der Waals surface area (Å²) in [6, 6.07) is 12.6. The van der Waals surface area contributed by atoms with Crippen molar-refractivity contribution >= 4 is 17.5 Å². The van der Waals surface area contributed by atoms with Gasteiger partial charge in [0, 0.05) is 18.9 Å². The molecule has 0 bridgehead atoms. The van der Waals surface area contributed by atoms with E-state index in [0.29, 0.717) is 17.0 Å². The van der Waals surface area contributed by atoms with Crippen molar-refractivity contribution in [1.82, 2.24) is 14.7 Å². The van der Waals surface area contributed by atoms with Gasteiger partial charge < -0.3 is 19.2 Å². The number of methoxy groups -OCH3 is 1. The number of carbonyl (C=O) groups is 2. The first kappa shape index (κ1) is 17.5. The highest BCUT2D eigenvalue weighted by molar-refractivity contribution is 5.97. The van der Waals surface area contributed by atoms with E-state index in [-0.39, 0.29) is 25.5 Å². The van der Waals surface area contributed by atoms with E-state index >= 15 is 0 Å². The molecule has 1 aromatic carbocycles. The summed E-state index contributed by atoms with van der Waals surface area (Å²) in [7, 11) is 1.50. The van der Waals surface area contributed by atoms with Crippen LogP contribution in [-0.2, 0) is 16.1 Å². The third kappa shape index (κ3) is 4.18. The lowest BCUT2D eigenvalue weighted by molar-refractivity contribution is -0.144. The van der Waals surface area contributed by atoms with Gasteiger partial charge in [-0.15, -0.1) is 0 Å². The highest BCUT2D eigenvalue weighted by Gasteiger charge is 2.12. The molecule has 0 saturated heterocycles. The lowest BCUT2D eigenvalue weighted by Gasteiger charge is -2.08. The van der Waals surface area contributed by atoms with Crippen LogP contribution in [0.4, 0.5) is 0 Å². The quantitative estimate of drug-likeness (QED) is 0.659. The topological polar surface area (TPSA) is 81.9 Å². The van der Waals surface area contributed by atoms with Crippen molar-refractivity contribution in [2.45, 2.75) is 13.0 Å². The molecule has 2 heterocycles. The van der Waals surface area contributed by atoms with Gasteiger partial charge in [0.05, 0.1) is 24.8 Å². The number of esters is 1. The number of rotatable bonds is 7. The van der Waals surface area contributed by atoms with Crippen LogP contribution in [0.3, 0.4) is 0 Å². The Balaban J connectivity index is 1.44. The highest BCUT2D eigenvalue weighted by atomic mass is 16.5. The maximum atomic E-state index is 12.1. The average molecular weight is 353 g/mol. The SMILES string of the molecule is COc1ccccc1C(=O)NCCC(=O)OCc1cn2ccccc2n1. The molecule has 3 rings (SSSR count). The van der Waals surface area contributed by atoms with Gasteiger partial charge in [-0.25, -0.2) is 4.98 Å². The lowest BCUT2D eigenvalue weighted by atomic mass is 10.2. The van der Waals surface area contributed by atoms with E-state index in [0.717, 1.165) is 5.65 Å². The molecule has 0 fully saturated rings. The molecular weight excluding hydrogens is 334 g/mol. The summed E-state index contributed by atoms with van der Waals surface area (Å²) in [4.78, 5) is 28.3. The van der Waals surface area contributed by atoms with E-state index in [1.807, 2.05) is 35.0 Å². The minimum atomic E-state index is -0.401. The van der Waals surface area contributed by atoms with Crippen molar-refractivity contribution in [3.05, 3.63) is 66.1 Å². The Morgan fingerprint density at radius 2 is 1.96 bits per heavy atom. The molecule has 7 heteroatoms. The van der Waals surface area contributed by atoms with Gasteiger partial charge in [0.15, 0.2) is 0 Å². The number of nitrogens with zero attached hydrogens (tertiary/aromatic N) is 2. The van der Waals surface area contributed by atoms with Crippen LogP contribution in [0.5, 0.6) is 5.75 Å². The number of pyridine rings is 1. The molecule has 7 nitrogen and oxygen atoms in total. The van der Waals surface area contributed by atoms with Crippen LogP contribution < -0.4 is 10.1 Å². The molecule has 1 amide bonds. The maximum absolute atomic E-state index is 12.1. The zero-order chi connectivity index (χ0) is 18.4. The van der Waals surface area contributed by atoms with Gasteiger partial charge in [-0.05, 0) is 24.3 Å². The number of nitrogens with one attached hydrogen (secondary N) is 1. The van der Waals surface area contributed by atoms with Gasteiger partial charge in [-0.3, -0.25) is 9.59 Å². The Labute approximate surface area is 150 Å². The minimum Gasteiger partial charge on any atom is -0.496 e. The number of carbonyl (C=O) groups excluding carboxylic acids is 2. The molecule has 26 heavy (non-hydrogen) atoms. The van der Waals surface area contributed by atoms with Crippen molar-refractivity contribution in [2.24, 2.45) is 0 Å². The van der Waals surface area contributed by atoms with E-state index in [4.69, 9.17) is 9.47 Å². The first-order valence-electron chi connectivity index (χ1n) is 8.17. The summed E-state index contributed by atoms with van der Waals surface area (Å²) in [6.07, 6.45) is 3.77. The predicted octanol–water partition coefficient (Wildman–Crippen LogP) is 2.21. The van der Waals surface area contributed by atoms with Crippen LogP contribution in [0.25, 0.3) is 5.65 Å². The maximum Gasteiger partial charge on any atom is 0.307 e. The van der Waals surface area contributed by atoms with E-state index < -0.39 is 5.97 Å². The highest BCUT2D eigenvalue weighted by Crippen LogP contribution is 2.16. The molecule has 0 unspecified atom stereocenters. The first-order valence-corrected chi connectivity index (χ1v) is 8.17. The summed E-state index contributed by atoms with van der Waals surface area (Å²) in [5.41, 5.74) is 1.89. The fourth-order valence-corrected chi connectivity index (χ4v) is 2.49. The Morgan fingerprint density at radius 3 is 2.77 bits per heavy atom. The third-order valence-corrected chi connectivity index (χ3v) is 3.76. The Hall–Kier alpha value is -3.35. The molecule has 0 aliphatic rings. The molecule has 134 valence electrons. The lowest BCUT2D eigenvalue weighted by Crippen LogP contribution is -2.26. The van der Waals surface area contributed by atoms with E-state index in [1.54, 1.807) is 24.3 Å². The van der Waals surface area contributed by atoms with Gasteiger partial charge in [-0.2, -0.15) is 0 Å². The number of hydrogen-bond acceptors (Lipinski definition) is 5. The molecule has 3 aromatic rings. The zero-order valence-electron chi connectivity index (χ0n) is 14.3. The second kappa shape index (κ2) is 8.15. The third-order valence-electron chi connectivity index (χ3n) is 3.76. The van der Waals surface area contributed by atoms with Crippen LogP contribution in [0.2, 0.25) is 0 Å². The summed E-state index contributed by atoms with van der Waals surface area (Å²) in [5.74, 6) is -0.211. The zero-order valence-corrected chi connectivity index (χ0v) is 14.3. The smallest absolute Gasteiger partial charge is 0.307 e. The van der Waals surface area contributed by atoms with Gasteiger partial charge in [0.1, 0.15) is 18.0 Å². The Morgan fingerprint density at radius 1 is 1.15 bits per heavy atom. The van der Waals surface area contributed by atoms with Crippen molar-refractivity contribution in [3.63, 3.8) is 0 Å². The molecule has 0 radical (unpaired) electrons. The second-order valence-electron chi connectivity index (χ2n) is 5.57. The van der Waals surface area contributed by atoms with Crippen molar-refractivity contribution in [3.8, 4) is 5.75 Å². The summed E-state index contributed by atoms with van der Waals surface area (Å²) in [6.45, 7) is 0.280. The van der Waals surface area contributed by atoms with Gasteiger partial charge >= 0.3 is 5.97 Å². The standard InChI is InChI=1S/C19H19N3O4/c1-25-16-7-3-2-6-15(16)19(24)20-10-9-18(23)26-13-14-12-22-11-5-4-8-17(22)21-14/h2-8,11-12H,9-10,13H2,1H3,(H,20,24).